The summed E-state index contributed by atoms with van der Waals surface area (Å²) in [5.74, 6) is -0.254. The van der Waals surface area contributed by atoms with E-state index in [-0.39, 0.29) is 18.9 Å². The topological polar surface area (TPSA) is 228 Å². The van der Waals surface area contributed by atoms with Crippen LogP contribution in [-0.4, -0.2) is 140 Å². The summed E-state index contributed by atoms with van der Waals surface area (Å²) in [6.07, 6.45) is 53.2. The number of carbonyl (C=O) groups excluding carboxylic acids is 1. The van der Waals surface area contributed by atoms with Crippen LogP contribution in [-0.2, 0) is 23.7 Å². The van der Waals surface area contributed by atoms with Crippen LogP contribution in [0, 0.1) is 0 Å². The molecule has 1 amide bonds. The minimum absolute atomic E-state index is 0.254. The zero-order valence-corrected chi connectivity index (χ0v) is 52.7. The maximum atomic E-state index is 13.3. The molecule has 0 spiro atoms. The highest BCUT2D eigenvalue weighted by atomic mass is 16.7. The summed E-state index contributed by atoms with van der Waals surface area (Å²) in [4.78, 5) is 13.3. The van der Waals surface area contributed by atoms with Crippen molar-refractivity contribution in [3.63, 3.8) is 0 Å². The molecule has 0 aliphatic carbocycles. The molecule has 2 saturated heterocycles. The molecule has 83 heavy (non-hydrogen) atoms. The molecule has 486 valence electrons. The van der Waals surface area contributed by atoms with Crippen molar-refractivity contribution in [2.45, 2.75) is 364 Å². The van der Waals surface area contributed by atoms with E-state index in [0.29, 0.717) is 12.8 Å². The van der Waals surface area contributed by atoms with Gasteiger partial charge >= 0.3 is 0 Å². The fraction of sp³-hybridized carbons (Fsp3) is 0.870. The van der Waals surface area contributed by atoms with Crippen LogP contribution in [0.2, 0.25) is 0 Å². The van der Waals surface area contributed by atoms with Gasteiger partial charge in [-0.1, -0.05) is 262 Å². The Balaban J connectivity index is 1.71. The molecule has 14 nitrogen and oxygen atoms in total. The van der Waals surface area contributed by atoms with Gasteiger partial charge in [0, 0.05) is 6.42 Å². The highest BCUT2D eigenvalue weighted by Crippen LogP contribution is 2.30. The minimum atomic E-state index is -1.79. The number of aliphatic hydroxyl groups is 8. The highest BCUT2D eigenvalue weighted by molar-refractivity contribution is 5.76. The van der Waals surface area contributed by atoms with Gasteiger partial charge in [0.25, 0.3) is 0 Å². The quantitative estimate of drug-likeness (QED) is 0.0204. The lowest BCUT2D eigenvalue weighted by atomic mass is 9.97. The molecule has 2 aliphatic rings. The number of ether oxygens (including phenoxy) is 4. The maximum absolute atomic E-state index is 13.3. The third-order valence-corrected chi connectivity index (χ3v) is 16.7. The van der Waals surface area contributed by atoms with Crippen LogP contribution in [0.3, 0.4) is 0 Å². The molecule has 9 N–H and O–H groups in total. The van der Waals surface area contributed by atoms with E-state index in [2.05, 4.69) is 55.6 Å². The van der Waals surface area contributed by atoms with Gasteiger partial charge in [0.2, 0.25) is 5.91 Å². The fourth-order valence-corrected chi connectivity index (χ4v) is 11.2. The van der Waals surface area contributed by atoms with Gasteiger partial charge in [-0.05, 0) is 70.6 Å². The first-order valence-electron chi connectivity index (χ1n) is 34.4. The van der Waals surface area contributed by atoms with Crippen molar-refractivity contribution < 1.29 is 64.6 Å². The summed E-state index contributed by atoms with van der Waals surface area (Å²) in [5.41, 5.74) is 0. The molecule has 0 aromatic heterocycles. The van der Waals surface area contributed by atoms with Gasteiger partial charge < -0.3 is 65.1 Å². The maximum Gasteiger partial charge on any atom is 0.220 e. The Labute approximate surface area is 505 Å². The van der Waals surface area contributed by atoms with Crippen LogP contribution in [0.25, 0.3) is 0 Å². The molecule has 0 aromatic carbocycles. The van der Waals surface area contributed by atoms with Gasteiger partial charge in [0.1, 0.15) is 48.8 Å². The van der Waals surface area contributed by atoms with E-state index in [1.807, 2.05) is 6.08 Å². The van der Waals surface area contributed by atoms with Crippen molar-refractivity contribution in [2.75, 3.05) is 19.8 Å². The Morgan fingerprint density at radius 3 is 1.18 bits per heavy atom. The summed E-state index contributed by atoms with van der Waals surface area (Å²) in [6.45, 7) is 2.80. The normalized spacial score (nSPS) is 24.1. The fourth-order valence-electron chi connectivity index (χ4n) is 11.2. The SMILES string of the molecule is CCCCCCCC/C=C\CCCCCCCCCCCC(=O)NC(COC1OC(CO)C(OC2OC(CO)C(O)C(O)C2O)C(O)C1O)C(O)/C=C/CC/C=C/CC/C=C/CCCCCCCCCCCCCCCCCCCCCC. The number of aliphatic hydroxyl groups excluding tert-OH is 8. The number of amides is 1. The number of carbonyl (C=O) groups is 1. The largest absolute Gasteiger partial charge is 0.394 e. The van der Waals surface area contributed by atoms with E-state index in [0.717, 1.165) is 44.9 Å². The summed E-state index contributed by atoms with van der Waals surface area (Å²) in [6, 6.07) is -0.941. The molecule has 14 heteroatoms. The van der Waals surface area contributed by atoms with Crippen molar-refractivity contribution in [3.8, 4) is 0 Å². The number of nitrogens with one attached hydrogen (secondary N) is 1. The van der Waals surface area contributed by atoms with Crippen molar-refractivity contribution in [1.82, 2.24) is 5.32 Å². The van der Waals surface area contributed by atoms with E-state index in [1.54, 1.807) is 6.08 Å². The average molecular weight is 1180 g/mol. The van der Waals surface area contributed by atoms with E-state index in [9.17, 15) is 45.6 Å². The van der Waals surface area contributed by atoms with Gasteiger partial charge in [0.05, 0.1) is 32.0 Å². The van der Waals surface area contributed by atoms with Gasteiger partial charge in [0.15, 0.2) is 12.6 Å². The van der Waals surface area contributed by atoms with Gasteiger partial charge in [-0.25, -0.2) is 0 Å². The predicted molar refractivity (Wildman–Crippen MR) is 337 cm³/mol. The van der Waals surface area contributed by atoms with Crippen LogP contribution in [0.5, 0.6) is 0 Å². The molecule has 2 heterocycles. The minimum Gasteiger partial charge on any atom is -0.394 e. The van der Waals surface area contributed by atoms with Crippen molar-refractivity contribution in [1.29, 1.82) is 0 Å². The molecule has 2 rings (SSSR count). The highest BCUT2D eigenvalue weighted by Gasteiger charge is 2.51. The molecule has 0 saturated carbocycles. The Kier molecular flexibility index (Phi) is 50.2. The zero-order chi connectivity index (χ0) is 60.2. The van der Waals surface area contributed by atoms with Crippen molar-refractivity contribution in [3.05, 3.63) is 48.6 Å². The molecule has 0 aromatic rings. The number of hydrogen-bond acceptors (Lipinski definition) is 13. The Morgan fingerprint density at radius 1 is 0.422 bits per heavy atom. The molecule has 2 aliphatic heterocycles. The summed E-state index contributed by atoms with van der Waals surface area (Å²) < 4.78 is 22.8. The van der Waals surface area contributed by atoms with E-state index >= 15 is 0 Å². The molecule has 12 unspecified atom stereocenters. The molecular weight excluding hydrogens is 1050 g/mol. The Morgan fingerprint density at radius 2 is 0.771 bits per heavy atom. The molecular formula is C69H127NO13. The van der Waals surface area contributed by atoms with Crippen LogP contribution >= 0.6 is 0 Å². The van der Waals surface area contributed by atoms with Crippen LogP contribution in [0.15, 0.2) is 48.6 Å². The second-order valence-electron chi connectivity index (χ2n) is 24.3. The molecule has 0 bridgehead atoms. The lowest BCUT2D eigenvalue weighted by Gasteiger charge is -2.46. The third-order valence-electron chi connectivity index (χ3n) is 16.7. The summed E-state index contributed by atoms with van der Waals surface area (Å²) >= 11 is 0. The van der Waals surface area contributed by atoms with Crippen LogP contribution in [0.1, 0.15) is 290 Å². The summed E-state index contributed by atoms with van der Waals surface area (Å²) in [7, 11) is 0. The van der Waals surface area contributed by atoms with E-state index < -0.39 is 86.8 Å². The Bertz CT molecular complexity index is 1580. The van der Waals surface area contributed by atoms with Gasteiger partial charge in [-0.3, -0.25) is 4.79 Å². The van der Waals surface area contributed by atoms with Gasteiger partial charge in [-0.2, -0.15) is 0 Å². The smallest absolute Gasteiger partial charge is 0.220 e. The van der Waals surface area contributed by atoms with Crippen molar-refractivity contribution >= 4 is 5.91 Å². The average Bonchev–Trinajstić information content (AvgIpc) is 3.64. The first-order valence-corrected chi connectivity index (χ1v) is 34.4. The first kappa shape index (κ1) is 77.0. The van der Waals surface area contributed by atoms with E-state index in [4.69, 9.17) is 18.9 Å². The predicted octanol–water partition coefficient (Wildman–Crippen LogP) is 13.5. The second-order valence-corrected chi connectivity index (χ2v) is 24.3. The molecule has 12 atom stereocenters. The monoisotopic (exact) mass is 1180 g/mol. The number of rotatable bonds is 56. The van der Waals surface area contributed by atoms with Crippen molar-refractivity contribution in [2.24, 2.45) is 0 Å². The van der Waals surface area contributed by atoms with E-state index in [1.165, 1.54) is 212 Å². The third kappa shape index (κ3) is 38.8. The zero-order valence-electron chi connectivity index (χ0n) is 52.7. The lowest BCUT2D eigenvalue weighted by Crippen LogP contribution is -2.65. The van der Waals surface area contributed by atoms with Crippen LogP contribution < -0.4 is 5.32 Å². The second kappa shape index (κ2) is 54.1. The number of allylic oxidation sites excluding steroid dienone is 7. The number of unbranched alkanes of at least 4 members (excludes halogenated alkanes) is 37. The standard InChI is InChI=1S/C69H127NO13/c1-3-5-7-9-11-13-15-17-19-21-23-24-25-26-27-28-29-30-31-32-33-35-36-38-40-42-44-46-48-50-52-58(73)57(70-61(74)53-51-49-47-45-43-41-39-37-34-22-20-18-16-14-12-10-8-6-4-2)56-80-68-66(79)64(77)67(60(55-72)82-68)83-69-65(78)63(76)62(75)59(54-71)81-69/h18,20,35-36,42,44,50,52,57-60,62-69,71-73,75-79H,3-17,19,21-34,37-41,43,45-49,51,53-56H2,1-2H3,(H,70,74)/b20-18-,36-35+,44-42+,52-50+. The Hall–Kier alpha value is -2.05. The summed E-state index contributed by atoms with van der Waals surface area (Å²) in [5, 5.41) is 87.3. The van der Waals surface area contributed by atoms with Gasteiger partial charge in [-0.15, -0.1) is 0 Å². The number of hydrogen-bond donors (Lipinski definition) is 9. The van der Waals surface area contributed by atoms with Crippen LogP contribution in [0.4, 0.5) is 0 Å². The molecule has 2 fully saturated rings. The first-order chi connectivity index (χ1) is 40.6. The lowest BCUT2D eigenvalue weighted by molar-refractivity contribution is -0.359. The molecule has 0 radical (unpaired) electrons.